The maximum atomic E-state index is 14.8. The van der Waals surface area contributed by atoms with Gasteiger partial charge in [0.15, 0.2) is 17.3 Å². The number of para-hydroxylation sites is 1. The number of halogens is 1. The normalized spacial score (nSPS) is 10.9. The van der Waals surface area contributed by atoms with Gasteiger partial charge in [-0.05, 0) is 49.4 Å². The van der Waals surface area contributed by atoms with Crippen molar-refractivity contribution in [3.05, 3.63) is 106 Å². The maximum absolute atomic E-state index is 14.8. The monoisotopic (exact) mass is 483 g/mol. The van der Waals surface area contributed by atoms with E-state index in [1.807, 2.05) is 37.3 Å². The van der Waals surface area contributed by atoms with Crippen LogP contribution in [0.25, 0.3) is 16.6 Å². The van der Waals surface area contributed by atoms with Crippen LogP contribution in [0.4, 0.5) is 15.8 Å². The van der Waals surface area contributed by atoms with Crippen molar-refractivity contribution < 1.29 is 13.9 Å². The summed E-state index contributed by atoms with van der Waals surface area (Å²) in [5.74, 6) is -0.889. The van der Waals surface area contributed by atoms with E-state index in [1.54, 1.807) is 35.0 Å². The highest BCUT2D eigenvalue weighted by Gasteiger charge is 2.14. The van der Waals surface area contributed by atoms with E-state index in [9.17, 15) is 14.0 Å². The van der Waals surface area contributed by atoms with Crippen molar-refractivity contribution in [2.75, 3.05) is 11.1 Å². The molecule has 0 saturated heterocycles. The minimum Gasteiger partial charge on any atom is -0.452 e. The number of fused-ring (bicyclic) bond motifs is 1. The lowest BCUT2D eigenvalue weighted by atomic mass is 10.1. The molecule has 0 radical (unpaired) electrons. The van der Waals surface area contributed by atoms with E-state index in [1.165, 1.54) is 12.1 Å². The second-order valence-corrected chi connectivity index (χ2v) is 8.30. The molecule has 9 heteroatoms. The van der Waals surface area contributed by atoms with Gasteiger partial charge < -0.3 is 15.8 Å². The summed E-state index contributed by atoms with van der Waals surface area (Å²) in [6, 6.07) is 20.0. The first-order valence-corrected chi connectivity index (χ1v) is 11.2. The van der Waals surface area contributed by atoms with Crippen LogP contribution in [0.3, 0.4) is 0 Å². The highest BCUT2D eigenvalue weighted by atomic mass is 19.1. The van der Waals surface area contributed by atoms with Crippen LogP contribution >= 0.6 is 0 Å². The Labute approximate surface area is 205 Å². The SMILES string of the molecule is Cc1ccc(CC(=O)Nc2ccc(Oc3cc4cn[nH]c4cc3N)c(F)c2)c(=O)n1-c1ccccc1. The molecule has 0 saturated carbocycles. The number of aryl methyl sites for hydroxylation is 1. The smallest absolute Gasteiger partial charge is 0.259 e. The standard InChI is InChI=1S/C27H22FN5O3/c1-16-7-8-17(27(35)33(16)20-5-3-2-4-6-20)12-26(34)31-19-9-10-24(21(28)13-19)36-25-11-18-15-30-32-23(18)14-22(25)29/h2-11,13-15H,12,29H2,1H3,(H,30,32)(H,31,34). The lowest BCUT2D eigenvalue weighted by Crippen LogP contribution is -2.27. The van der Waals surface area contributed by atoms with E-state index in [0.29, 0.717) is 16.9 Å². The first-order chi connectivity index (χ1) is 17.4. The van der Waals surface area contributed by atoms with Gasteiger partial charge in [-0.15, -0.1) is 0 Å². The van der Waals surface area contributed by atoms with Gasteiger partial charge in [-0.3, -0.25) is 19.3 Å². The highest BCUT2D eigenvalue weighted by molar-refractivity contribution is 5.92. The summed E-state index contributed by atoms with van der Waals surface area (Å²) in [7, 11) is 0. The average Bonchev–Trinajstić information content (AvgIpc) is 3.30. The minimum atomic E-state index is -0.679. The van der Waals surface area contributed by atoms with E-state index in [2.05, 4.69) is 15.5 Å². The van der Waals surface area contributed by atoms with Crippen LogP contribution in [-0.4, -0.2) is 20.7 Å². The molecule has 0 fully saturated rings. The molecule has 36 heavy (non-hydrogen) atoms. The maximum Gasteiger partial charge on any atom is 0.259 e. The van der Waals surface area contributed by atoms with Crippen molar-refractivity contribution in [2.24, 2.45) is 0 Å². The number of nitrogens with one attached hydrogen (secondary N) is 2. The Morgan fingerprint density at radius 2 is 1.89 bits per heavy atom. The van der Waals surface area contributed by atoms with Crippen LogP contribution in [-0.2, 0) is 11.2 Å². The molecular weight excluding hydrogens is 461 g/mol. The van der Waals surface area contributed by atoms with Crippen LogP contribution in [0.15, 0.2) is 83.8 Å². The molecule has 4 N–H and O–H groups in total. The molecule has 0 spiro atoms. The number of nitrogens with two attached hydrogens (primary N) is 1. The first-order valence-electron chi connectivity index (χ1n) is 11.2. The van der Waals surface area contributed by atoms with E-state index < -0.39 is 11.7 Å². The van der Waals surface area contributed by atoms with Crippen molar-refractivity contribution in [1.82, 2.24) is 14.8 Å². The van der Waals surface area contributed by atoms with Gasteiger partial charge in [-0.1, -0.05) is 24.3 Å². The summed E-state index contributed by atoms with van der Waals surface area (Å²) in [6.45, 7) is 1.82. The van der Waals surface area contributed by atoms with Gasteiger partial charge in [0, 0.05) is 34.1 Å². The zero-order chi connectivity index (χ0) is 25.2. The summed E-state index contributed by atoms with van der Waals surface area (Å²) < 4.78 is 22.0. The Hall–Kier alpha value is -4.92. The molecular formula is C27H22FN5O3. The van der Waals surface area contributed by atoms with E-state index in [4.69, 9.17) is 10.5 Å². The molecule has 2 heterocycles. The first kappa shape index (κ1) is 22.9. The van der Waals surface area contributed by atoms with E-state index in [0.717, 1.165) is 22.7 Å². The quantitative estimate of drug-likeness (QED) is 0.303. The third-order valence-corrected chi connectivity index (χ3v) is 5.73. The van der Waals surface area contributed by atoms with Gasteiger partial charge in [-0.2, -0.15) is 5.10 Å². The van der Waals surface area contributed by atoms with Crippen molar-refractivity contribution in [1.29, 1.82) is 0 Å². The molecule has 0 bridgehead atoms. The number of rotatable bonds is 6. The van der Waals surface area contributed by atoms with Crippen LogP contribution in [0, 0.1) is 12.7 Å². The van der Waals surface area contributed by atoms with Gasteiger partial charge in [0.05, 0.1) is 23.8 Å². The van der Waals surface area contributed by atoms with Gasteiger partial charge in [0.25, 0.3) is 5.56 Å². The van der Waals surface area contributed by atoms with Crippen molar-refractivity contribution in [2.45, 2.75) is 13.3 Å². The molecule has 0 atom stereocenters. The summed E-state index contributed by atoms with van der Waals surface area (Å²) >= 11 is 0. The van der Waals surface area contributed by atoms with Crippen LogP contribution < -0.4 is 21.3 Å². The molecule has 5 rings (SSSR count). The zero-order valence-electron chi connectivity index (χ0n) is 19.3. The van der Waals surface area contributed by atoms with Gasteiger partial charge in [0.1, 0.15) is 0 Å². The molecule has 1 amide bonds. The number of aromatic nitrogens is 3. The number of hydrogen-bond donors (Lipinski definition) is 3. The lowest BCUT2D eigenvalue weighted by molar-refractivity contribution is -0.115. The molecule has 180 valence electrons. The van der Waals surface area contributed by atoms with Crippen LogP contribution in [0.2, 0.25) is 0 Å². The van der Waals surface area contributed by atoms with Gasteiger partial charge in [0.2, 0.25) is 5.91 Å². The number of amides is 1. The molecule has 5 aromatic rings. The van der Waals surface area contributed by atoms with Gasteiger partial charge >= 0.3 is 0 Å². The molecule has 0 aliphatic heterocycles. The Morgan fingerprint density at radius 1 is 1.08 bits per heavy atom. The van der Waals surface area contributed by atoms with E-state index >= 15 is 0 Å². The predicted molar refractivity (Wildman–Crippen MR) is 136 cm³/mol. The average molecular weight is 484 g/mol. The third kappa shape index (κ3) is 4.54. The largest absolute Gasteiger partial charge is 0.452 e. The number of H-pyrrole nitrogens is 1. The Kier molecular flexibility index (Phi) is 5.95. The number of nitrogen functional groups attached to an aromatic ring is 1. The third-order valence-electron chi connectivity index (χ3n) is 5.73. The highest BCUT2D eigenvalue weighted by Crippen LogP contribution is 2.33. The fraction of sp³-hybridized carbons (Fsp3) is 0.0741. The van der Waals surface area contributed by atoms with Crippen LogP contribution in [0.5, 0.6) is 11.5 Å². The topological polar surface area (TPSA) is 115 Å². The van der Waals surface area contributed by atoms with Crippen LogP contribution in [0.1, 0.15) is 11.3 Å². The predicted octanol–water partition coefficient (Wildman–Crippen LogP) is 4.72. The number of pyridine rings is 1. The molecule has 0 unspecified atom stereocenters. The summed E-state index contributed by atoms with van der Waals surface area (Å²) in [6.07, 6.45) is 1.45. The molecule has 8 nitrogen and oxygen atoms in total. The Morgan fingerprint density at radius 3 is 2.67 bits per heavy atom. The molecule has 2 aromatic heterocycles. The van der Waals surface area contributed by atoms with Gasteiger partial charge in [-0.25, -0.2) is 4.39 Å². The summed E-state index contributed by atoms with van der Waals surface area (Å²) in [4.78, 5) is 25.7. The zero-order valence-corrected chi connectivity index (χ0v) is 19.3. The molecule has 0 aliphatic rings. The fourth-order valence-corrected chi connectivity index (χ4v) is 3.94. The number of carbonyl (C=O) groups excluding carboxylic acids is 1. The second-order valence-electron chi connectivity index (χ2n) is 8.30. The van der Waals surface area contributed by atoms with Crippen molar-refractivity contribution >= 4 is 28.2 Å². The second kappa shape index (κ2) is 9.38. The number of aromatic amines is 1. The molecule has 3 aromatic carbocycles. The summed E-state index contributed by atoms with van der Waals surface area (Å²) in [5, 5.41) is 10.1. The van der Waals surface area contributed by atoms with Crippen molar-refractivity contribution in [3.63, 3.8) is 0 Å². The summed E-state index contributed by atoms with van der Waals surface area (Å²) in [5.41, 5.74) is 8.81. The minimum absolute atomic E-state index is 0.0492. The molecule has 0 aliphatic carbocycles. The Balaban J connectivity index is 1.31. The lowest BCUT2D eigenvalue weighted by Gasteiger charge is -2.13. The number of anilines is 2. The number of nitrogens with zero attached hydrogens (tertiary/aromatic N) is 2. The fourth-order valence-electron chi connectivity index (χ4n) is 3.94. The van der Waals surface area contributed by atoms with E-state index in [-0.39, 0.29) is 29.2 Å². The van der Waals surface area contributed by atoms with Crippen molar-refractivity contribution in [3.8, 4) is 17.2 Å². The number of hydrogen-bond acceptors (Lipinski definition) is 5. The number of benzene rings is 3. The number of carbonyl (C=O) groups is 1. The number of ether oxygens (including phenoxy) is 1. The Bertz CT molecular complexity index is 1640.